The zero-order valence-corrected chi connectivity index (χ0v) is 10.7. The third-order valence-corrected chi connectivity index (χ3v) is 2.72. The largest absolute Gasteiger partial charge is 0.760 e. The maximum Gasteiger partial charge on any atom is 0.323 e. The molecule has 1 rings (SSSR count). The Morgan fingerprint density at radius 1 is 1.32 bits per heavy atom. The fraction of sp³-hybridized carbons (Fsp3) is 0.273. The summed E-state index contributed by atoms with van der Waals surface area (Å²) < 4.78 is 22.5. The number of carboxylic acids is 1. The molecule has 19 heavy (non-hydrogen) atoms. The van der Waals surface area contributed by atoms with Gasteiger partial charge in [0.05, 0.1) is 6.42 Å². The molecule has 0 aliphatic heterocycles. The first-order chi connectivity index (χ1) is 8.99. The number of hydrogen-bond donors (Lipinski definition) is 3. The van der Waals surface area contributed by atoms with Crippen molar-refractivity contribution in [3.8, 4) is 0 Å². The summed E-state index contributed by atoms with van der Waals surface area (Å²) in [5.41, 5.74) is 0.784. The molecule has 0 saturated carbocycles. The first-order valence-electron chi connectivity index (χ1n) is 5.38. The Hall–Kier alpha value is -1.77. The molecule has 0 aromatic heterocycles. The van der Waals surface area contributed by atoms with Crippen molar-refractivity contribution >= 4 is 23.1 Å². The van der Waals surface area contributed by atoms with Gasteiger partial charge in [0.15, 0.2) is 0 Å². The molecule has 0 heterocycles. The number of carbonyl (C=O) groups is 2. The number of aliphatic carboxylic acids is 1. The molecule has 0 radical (unpaired) electrons. The molecular formula is C11H13N2O5S-. The Morgan fingerprint density at radius 3 is 2.47 bits per heavy atom. The number of amides is 1. The minimum Gasteiger partial charge on any atom is -0.760 e. The molecule has 0 saturated heterocycles. The number of carboxylic acid groups (broad SMARTS) is 1. The molecule has 7 nitrogen and oxygen atoms in total. The predicted octanol–water partition coefficient (Wildman–Crippen LogP) is -0.818. The van der Waals surface area contributed by atoms with E-state index in [1.807, 2.05) is 6.07 Å². The maximum absolute atomic E-state index is 11.5. The molecule has 0 aliphatic rings. The van der Waals surface area contributed by atoms with Gasteiger partial charge in [0.2, 0.25) is 5.91 Å². The van der Waals surface area contributed by atoms with Crippen LogP contribution in [-0.4, -0.2) is 38.3 Å². The predicted molar refractivity (Wildman–Crippen MR) is 66.6 cm³/mol. The van der Waals surface area contributed by atoms with E-state index >= 15 is 0 Å². The highest BCUT2D eigenvalue weighted by Crippen LogP contribution is 1.99. The van der Waals surface area contributed by atoms with Gasteiger partial charge in [-0.3, -0.25) is 13.8 Å². The van der Waals surface area contributed by atoms with Crippen molar-refractivity contribution in [3.05, 3.63) is 35.9 Å². The average molecular weight is 285 g/mol. The second-order valence-electron chi connectivity index (χ2n) is 3.71. The van der Waals surface area contributed by atoms with Crippen molar-refractivity contribution in [2.24, 2.45) is 0 Å². The number of nitrogens with one attached hydrogen (secondary N) is 2. The molecule has 1 amide bonds. The Labute approximate surface area is 112 Å². The standard InChI is InChI=1S/C11H14N2O5S/c14-10(6-8-4-2-1-3-5-8)12-7-9(11(15)16)13-19(17)18/h1-5,9,13H,6-7H2,(H,12,14)(H,15,16)(H,17,18)/p-1. The number of rotatable bonds is 7. The molecule has 1 aromatic rings. The molecule has 0 spiro atoms. The van der Waals surface area contributed by atoms with Crippen LogP contribution in [0.2, 0.25) is 0 Å². The van der Waals surface area contributed by atoms with E-state index in [0.29, 0.717) is 0 Å². The van der Waals surface area contributed by atoms with E-state index in [9.17, 15) is 18.4 Å². The molecule has 8 heteroatoms. The number of hydrogen-bond acceptors (Lipinski definition) is 4. The van der Waals surface area contributed by atoms with Crippen LogP contribution in [0.15, 0.2) is 30.3 Å². The molecular weight excluding hydrogens is 272 g/mol. The van der Waals surface area contributed by atoms with Gasteiger partial charge in [-0.25, -0.2) is 4.72 Å². The van der Waals surface area contributed by atoms with E-state index in [0.717, 1.165) is 5.56 Å². The topological polar surface area (TPSA) is 119 Å². The first-order valence-corrected chi connectivity index (χ1v) is 6.45. The average Bonchev–Trinajstić information content (AvgIpc) is 2.35. The maximum atomic E-state index is 11.5. The summed E-state index contributed by atoms with van der Waals surface area (Å²) in [7, 11) is 0. The summed E-state index contributed by atoms with van der Waals surface area (Å²) in [6.07, 6.45) is 0.105. The number of carbonyl (C=O) groups excluding carboxylic acids is 1. The zero-order valence-electron chi connectivity index (χ0n) is 9.87. The van der Waals surface area contributed by atoms with Crippen LogP contribution in [0.25, 0.3) is 0 Å². The van der Waals surface area contributed by atoms with Crippen molar-refractivity contribution in [2.45, 2.75) is 12.5 Å². The summed E-state index contributed by atoms with van der Waals surface area (Å²) in [4.78, 5) is 22.3. The van der Waals surface area contributed by atoms with Gasteiger partial charge in [-0.15, -0.1) is 0 Å². The molecule has 3 N–H and O–H groups in total. The summed E-state index contributed by atoms with van der Waals surface area (Å²) in [6.45, 7) is -0.311. The van der Waals surface area contributed by atoms with Crippen molar-refractivity contribution in [3.63, 3.8) is 0 Å². The van der Waals surface area contributed by atoms with Gasteiger partial charge in [0.25, 0.3) is 0 Å². The lowest BCUT2D eigenvalue weighted by molar-refractivity contribution is -0.138. The Morgan fingerprint density at radius 2 is 1.95 bits per heavy atom. The van der Waals surface area contributed by atoms with Crippen LogP contribution in [0.1, 0.15) is 5.56 Å². The van der Waals surface area contributed by atoms with Crippen molar-refractivity contribution < 1.29 is 23.5 Å². The fourth-order valence-corrected chi connectivity index (χ4v) is 1.77. The minimum absolute atomic E-state index is 0.105. The summed E-state index contributed by atoms with van der Waals surface area (Å²) in [5, 5.41) is 11.1. The third kappa shape index (κ3) is 6.09. The van der Waals surface area contributed by atoms with Gasteiger partial charge in [-0.05, 0) is 5.56 Å². The van der Waals surface area contributed by atoms with Gasteiger partial charge < -0.3 is 15.0 Å². The Balaban J connectivity index is 2.44. The van der Waals surface area contributed by atoms with Gasteiger partial charge in [0.1, 0.15) is 6.04 Å². The zero-order chi connectivity index (χ0) is 14.3. The highest BCUT2D eigenvalue weighted by Gasteiger charge is 2.17. The van der Waals surface area contributed by atoms with E-state index in [-0.39, 0.29) is 18.9 Å². The molecule has 0 aliphatic carbocycles. The van der Waals surface area contributed by atoms with E-state index in [1.54, 1.807) is 29.0 Å². The third-order valence-electron chi connectivity index (χ3n) is 2.25. The van der Waals surface area contributed by atoms with E-state index < -0.39 is 23.3 Å². The van der Waals surface area contributed by atoms with Crippen LogP contribution < -0.4 is 10.0 Å². The summed E-state index contributed by atoms with van der Waals surface area (Å²) in [6, 6.07) is 7.53. The number of benzene rings is 1. The molecule has 104 valence electrons. The monoisotopic (exact) mass is 285 g/mol. The van der Waals surface area contributed by atoms with E-state index in [2.05, 4.69) is 5.32 Å². The second-order valence-corrected chi connectivity index (χ2v) is 4.41. The second kappa shape index (κ2) is 7.62. The van der Waals surface area contributed by atoms with Gasteiger partial charge in [-0.1, -0.05) is 30.3 Å². The minimum atomic E-state index is -2.70. The first kappa shape index (κ1) is 15.3. The van der Waals surface area contributed by atoms with Crippen LogP contribution in [0.4, 0.5) is 0 Å². The van der Waals surface area contributed by atoms with Crippen LogP contribution in [-0.2, 0) is 27.3 Å². The molecule has 1 aromatic carbocycles. The molecule has 2 unspecified atom stereocenters. The molecule has 0 bridgehead atoms. The lowest BCUT2D eigenvalue weighted by Crippen LogP contribution is -2.46. The van der Waals surface area contributed by atoms with Gasteiger partial charge >= 0.3 is 5.97 Å². The van der Waals surface area contributed by atoms with Gasteiger partial charge in [-0.2, -0.15) is 0 Å². The van der Waals surface area contributed by atoms with Crippen LogP contribution in [0.5, 0.6) is 0 Å². The van der Waals surface area contributed by atoms with E-state index in [1.165, 1.54) is 0 Å². The SMILES string of the molecule is O=C(Cc1ccccc1)NCC(NS(=O)[O-])C(=O)O. The highest BCUT2D eigenvalue weighted by atomic mass is 32.2. The normalized spacial score (nSPS) is 13.5. The van der Waals surface area contributed by atoms with Gasteiger partial charge in [0, 0.05) is 17.8 Å². The summed E-state index contributed by atoms with van der Waals surface area (Å²) in [5.74, 6) is -1.74. The van der Waals surface area contributed by atoms with Crippen LogP contribution in [0.3, 0.4) is 0 Å². The lowest BCUT2D eigenvalue weighted by atomic mass is 10.1. The van der Waals surface area contributed by atoms with Crippen molar-refractivity contribution in [1.82, 2.24) is 10.0 Å². The quantitative estimate of drug-likeness (QED) is 0.566. The van der Waals surface area contributed by atoms with E-state index in [4.69, 9.17) is 5.11 Å². The highest BCUT2D eigenvalue weighted by molar-refractivity contribution is 7.77. The van der Waals surface area contributed by atoms with Crippen molar-refractivity contribution in [2.75, 3.05) is 6.54 Å². The molecule has 0 fully saturated rings. The fourth-order valence-electron chi connectivity index (χ4n) is 1.36. The smallest absolute Gasteiger partial charge is 0.323 e. The Kier molecular flexibility index (Phi) is 6.13. The van der Waals surface area contributed by atoms with Crippen LogP contribution in [0, 0.1) is 0 Å². The summed E-state index contributed by atoms with van der Waals surface area (Å²) >= 11 is -2.70. The van der Waals surface area contributed by atoms with Crippen LogP contribution >= 0.6 is 0 Å². The van der Waals surface area contributed by atoms with Crippen molar-refractivity contribution in [1.29, 1.82) is 0 Å². The Bertz CT molecular complexity index is 465. The molecule has 2 atom stereocenters. The lowest BCUT2D eigenvalue weighted by Gasteiger charge is -2.16.